The smallest absolute Gasteiger partial charge is 0.328 e. The highest BCUT2D eigenvalue weighted by molar-refractivity contribution is 5.93. The molecule has 4 aromatic carbocycles. The molecule has 27 heavy (non-hydrogen) atoms. The molecule has 4 rings (SSSR count). The molecule has 2 nitrogen and oxygen atoms in total. The van der Waals surface area contributed by atoms with Gasteiger partial charge in [-0.2, -0.15) is 0 Å². The molecule has 0 saturated carbocycles. The van der Waals surface area contributed by atoms with Gasteiger partial charge < -0.3 is 5.11 Å². The van der Waals surface area contributed by atoms with Crippen molar-refractivity contribution in [2.24, 2.45) is 0 Å². The summed E-state index contributed by atoms with van der Waals surface area (Å²) in [5.74, 6) is -0.906. The summed E-state index contributed by atoms with van der Waals surface area (Å²) in [7, 11) is 0. The number of aryl methyl sites for hydroxylation is 1. The molecule has 0 spiro atoms. The third-order valence-corrected chi connectivity index (χ3v) is 4.91. The molecule has 0 unspecified atom stereocenters. The van der Waals surface area contributed by atoms with Crippen LogP contribution in [-0.4, -0.2) is 11.1 Å². The molecule has 2 heteroatoms. The van der Waals surface area contributed by atoms with Gasteiger partial charge in [0.25, 0.3) is 0 Å². The average molecular weight is 352 g/mol. The molecular formula is C25H20O2. The maximum atomic E-state index is 11.4. The number of allylic oxidation sites excluding steroid dienone is 1. The number of hydrogen-bond acceptors (Lipinski definition) is 1. The molecule has 0 atom stereocenters. The van der Waals surface area contributed by atoms with Crippen molar-refractivity contribution in [3.05, 3.63) is 102 Å². The minimum Gasteiger partial charge on any atom is -0.478 e. The van der Waals surface area contributed by atoms with E-state index >= 15 is 0 Å². The number of carboxylic acids is 1. The van der Waals surface area contributed by atoms with Gasteiger partial charge in [0, 0.05) is 6.08 Å². The summed E-state index contributed by atoms with van der Waals surface area (Å²) in [4.78, 5) is 11.4. The summed E-state index contributed by atoms with van der Waals surface area (Å²) < 4.78 is 0. The second-order valence-corrected chi connectivity index (χ2v) is 6.75. The zero-order valence-corrected chi connectivity index (χ0v) is 14.9. The Balaban J connectivity index is 1.62. The third-order valence-electron chi connectivity index (χ3n) is 4.91. The summed E-state index contributed by atoms with van der Waals surface area (Å²) in [6.45, 7) is 0. The van der Waals surface area contributed by atoms with Crippen LogP contribution in [0, 0.1) is 0 Å². The first-order valence-electron chi connectivity index (χ1n) is 9.09. The molecule has 4 aromatic rings. The van der Waals surface area contributed by atoms with Gasteiger partial charge in [-0.05, 0) is 57.2 Å². The number of carboxylic acid groups (broad SMARTS) is 1. The van der Waals surface area contributed by atoms with E-state index < -0.39 is 5.97 Å². The quantitative estimate of drug-likeness (QED) is 0.441. The van der Waals surface area contributed by atoms with Crippen molar-refractivity contribution in [2.75, 3.05) is 0 Å². The Hall–Kier alpha value is -3.39. The lowest BCUT2D eigenvalue weighted by atomic mass is 9.95. The molecule has 0 bridgehead atoms. The first-order chi connectivity index (χ1) is 13.2. The first kappa shape index (κ1) is 17.0. The molecular weight excluding hydrogens is 332 g/mol. The van der Waals surface area contributed by atoms with Crippen LogP contribution in [0.2, 0.25) is 0 Å². The van der Waals surface area contributed by atoms with Crippen molar-refractivity contribution in [3.8, 4) is 0 Å². The number of fused-ring (bicyclic) bond motifs is 2. The van der Waals surface area contributed by atoms with Crippen molar-refractivity contribution < 1.29 is 9.90 Å². The number of rotatable bonds is 5. The van der Waals surface area contributed by atoms with Crippen LogP contribution in [0.1, 0.15) is 17.5 Å². The van der Waals surface area contributed by atoms with E-state index in [0.29, 0.717) is 6.42 Å². The van der Waals surface area contributed by atoms with E-state index in [9.17, 15) is 9.90 Å². The molecule has 0 aliphatic heterocycles. The first-order valence-corrected chi connectivity index (χ1v) is 9.09. The lowest BCUT2D eigenvalue weighted by molar-refractivity contribution is -0.131. The van der Waals surface area contributed by atoms with Gasteiger partial charge in [-0.25, -0.2) is 4.79 Å². The maximum Gasteiger partial charge on any atom is 0.328 e. The lowest BCUT2D eigenvalue weighted by Gasteiger charge is -2.10. The third kappa shape index (κ3) is 3.90. The maximum absolute atomic E-state index is 11.4. The Kier molecular flexibility index (Phi) is 4.71. The standard InChI is InChI=1S/C25H20O2/c26-25(27)17-24(23-14-13-20-6-2-4-8-22(20)16-23)12-10-18-9-11-19-5-1-3-7-21(19)15-18/h1-9,11,13-17H,10,12H2,(H,26,27)/b24-17-. The summed E-state index contributed by atoms with van der Waals surface area (Å²) in [6, 6.07) is 29.0. The SMILES string of the molecule is O=C(O)/C=C(/CCc1ccc2ccccc2c1)c1ccc2ccccc2c1. The van der Waals surface area contributed by atoms with Crippen molar-refractivity contribution in [2.45, 2.75) is 12.8 Å². The van der Waals surface area contributed by atoms with Crippen LogP contribution in [0.25, 0.3) is 27.1 Å². The van der Waals surface area contributed by atoms with Crippen molar-refractivity contribution in [1.29, 1.82) is 0 Å². The number of carbonyl (C=O) groups is 1. The highest BCUT2D eigenvalue weighted by atomic mass is 16.4. The van der Waals surface area contributed by atoms with Gasteiger partial charge in [0.1, 0.15) is 0 Å². The average Bonchev–Trinajstić information content (AvgIpc) is 2.70. The molecule has 0 saturated heterocycles. The summed E-state index contributed by atoms with van der Waals surface area (Å²) in [6.07, 6.45) is 2.82. The fourth-order valence-corrected chi connectivity index (χ4v) is 3.51. The monoisotopic (exact) mass is 352 g/mol. The van der Waals surface area contributed by atoms with Gasteiger partial charge >= 0.3 is 5.97 Å². The molecule has 0 aliphatic carbocycles. The minimum atomic E-state index is -0.906. The minimum absolute atomic E-state index is 0.684. The predicted octanol–water partition coefficient (Wildman–Crippen LogP) is 6.09. The Morgan fingerprint density at radius 1 is 0.741 bits per heavy atom. The predicted molar refractivity (Wildman–Crippen MR) is 112 cm³/mol. The Bertz CT molecular complexity index is 1160. The molecule has 0 amide bonds. The molecule has 0 heterocycles. The fraction of sp³-hybridized carbons (Fsp3) is 0.0800. The zero-order chi connectivity index (χ0) is 18.6. The molecule has 0 aliphatic rings. The van der Waals surface area contributed by atoms with E-state index in [-0.39, 0.29) is 0 Å². The van der Waals surface area contributed by atoms with Gasteiger partial charge in [-0.15, -0.1) is 0 Å². The topological polar surface area (TPSA) is 37.3 Å². The summed E-state index contributed by atoms with van der Waals surface area (Å²) in [5, 5.41) is 14.0. The lowest BCUT2D eigenvalue weighted by Crippen LogP contribution is -1.96. The van der Waals surface area contributed by atoms with Crippen LogP contribution >= 0.6 is 0 Å². The second kappa shape index (κ2) is 7.46. The molecule has 0 radical (unpaired) electrons. The van der Waals surface area contributed by atoms with Gasteiger partial charge in [0.15, 0.2) is 0 Å². The van der Waals surface area contributed by atoms with Crippen LogP contribution in [0.3, 0.4) is 0 Å². The van der Waals surface area contributed by atoms with E-state index in [1.807, 2.05) is 30.3 Å². The van der Waals surface area contributed by atoms with Crippen molar-refractivity contribution >= 4 is 33.1 Å². The van der Waals surface area contributed by atoms with E-state index in [1.165, 1.54) is 22.4 Å². The van der Waals surface area contributed by atoms with Gasteiger partial charge in [-0.3, -0.25) is 0 Å². The van der Waals surface area contributed by atoms with Crippen LogP contribution in [-0.2, 0) is 11.2 Å². The van der Waals surface area contributed by atoms with Gasteiger partial charge in [-0.1, -0.05) is 78.9 Å². The van der Waals surface area contributed by atoms with Gasteiger partial charge in [0.2, 0.25) is 0 Å². The number of benzene rings is 4. The van der Waals surface area contributed by atoms with E-state index in [2.05, 4.69) is 54.6 Å². The Morgan fingerprint density at radius 2 is 1.33 bits per heavy atom. The van der Waals surface area contributed by atoms with Crippen LogP contribution in [0.15, 0.2) is 91.0 Å². The fourth-order valence-electron chi connectivity index (χ4n) is 3.51. The van der Waals surface area contributed by atoms with Crippen molar-refractivity contribution in [1.82, 2.24) is 0 Å². The zero-order valence-electron chi connectivity index (χ0n) is 14.9. The Labute approximate surface area is 158 Å². The number of aliphatic carboxylic acids is 1. The summed E-state index contributed by atoms with van der Waals surface area (Å²) in [5.41, 5.74) is 3.03. The van der Waals surface area contributed by atoms with Crippen molar-refractivity contribution in [3.63, 3.8) is 0 Å². The highest BCUT2D eigenvalue weighted by Crippen LogP contribution is 2.26. The Morgan fingerprint density at radius 3 is 2.00 bits per heavy atom. The van der Waals surface area contributed by atoms with Gasteiger partial charge in [0.05, 0.1) is 0 Å². The summed E-state index contributed by atoms with van der Waals surface area (Å²) >= 11 is 0. The number of hydrogen-bond donors (Lipinski definition) is 1. The second-order valence-electron chi connectivity index (χ2n) is 6.75. The van der Waals surface area contributed by atoms with E-state index in [0.717, 1.165) is 28.3 Å². The van der Waals surface area contributed by atoms with Crippen LogP contribution < -0.4 is 0 Å². The molecule has 0 fully saturated rings. The molecule has 1 N–H and O–H groups in total. The highest BCUT2D eigenvalue weighted by Gasteiger charge is 2.07. The van der Waals surface area contributed by atoms with Crippen LogP contribution in [0.4, 0.5) is 0 Å². The largest absolute Gasteiger partial charge is 0.478 e. The molecule has 0 aromatic heterocycles. The normalized spacial score (nSPS) is 11.8. The van der Waals surface area contributed by atoms with Crippen LogP contribution in [0.5, 0.6) is 0 Å². The van der Waals surface area contributed by atoms with E-state index in [1.54, 1.807) is 0 Å². The van der Waals surface area contributed by atoms with E-state index in [4.69, 9.17) is 0 Å². The molecule has 132 valence electrons.